The molecule has 6 nitrogen and oxygen atoms in total. The third-order valence-corrected chi connectivity index (χ3v) is 4.42. The van der Waals surface area contributed by atoms with Crippen LogP contribution in [0.1, 0.15) is 24.4 Å². The summed E-state index contributed by atoms with van der Waals surface area (Å²) in [6.07, 6.45) is 5.71. The first kappa shape index (κ1) is 16.8. The van der Waals surface area contributed by atoms with Gasteiger partial charge < -0.3 is 14.6 Å². The fourth-order valence-electron chi connectivity index (χ4n) is 3.22. The summed E-state index contributed by atoms with van der Waals surface area (Å²) in [5.41, 5.74) is 1.22. The number of aryl methyl sites for hydroxylation is 1. The molecule has 0 saturated carbocycles. The Morgan fingerprint density at radius 1 is 1.29 bits per heavy atom. The molecule has 1 aromatic heterocycles. The molecule has 1 aromatic carbocycles. The summed E-state index contributed by atoms with van der Waals surface area (Å²) in [5, 5.41) is 14.6. The van der Waals surface area contributed by atoms with Crippen LogP contribution in [0, 0.1) is 0 Å². The fourth-order valence-corrected chi connectivity index (χ4v) is 3.22. The highest BCUT2D eigenvalue weighted by Gasteiger charge is 2.28. The maximum atomic E-state index is 10.3. The topological polar surface area (TPSA) is 59.8 Å². The number of aliphatic hydroxyl groups excluding tert-OH is 1. The normalized spacial score (nSPS) is 19.4. The van der Waals surface area contributed by atoms with Gasteiger partial charge >= 0.3 is 0 Å². The number of ether oxygens (including phenoxy) is 2. The van der Waals surface area contributed by atoms with E-state index in [0.717, 1.165) is 30.9 Å². The Bertz CT molecular complexity index is 641. The molecule has 0 aliphatic carbocycles. The third-order valence-electron chi connectivity index (χ3n) is 4.42. The van der Waals surface area contributed by atoms with Crippen molar-refractivity contribution in [3.63, 3.8) is 0 Å². The van der Waals surface area contributed by atoms with Crippen LogP contribution >= 0.6 is 0 Å². The number of β-amino-alcohol motifs (C(OH)–C–C–N with tert-alkyl or cyclic N) is 1. The van der Waals surface area contributed by atoms with Crippen LogP contribution in [-0.4, -0.2) is 52.7 Å². The summed E-state index contributed by atoms with van der Waals surface area (Å²) in [6, 6.07) is 7.73. The van der Waals surface area contributed by atoms with E-state index < -0.39 is 6.10 Å². The van der Waals surface area contributed by atoms with Crippen molar-refractivity contribution in [1.29, 1.82) is 0 Å². The molecule has 2 heterocycles. The maximum Gasteiger partial charge on any atom is 0.119 e. The van der Waals surface area contributed by atoms with Crippen LogP contribution in [0.3, 0.4) is 0 Å². The molecule has 24 heavy (non-hydrogen) atoms. The zero-order chi connectivity index (χ0) is 16.9. The molecule has 1 fully saturated rings. The standard InChI is InChI=1S/C18H25N3O3/c1-20-11-14(10-19-20)18-4-3-9-21(18)12-15(22)13-24-17-7-5-16(23-2)6-8-17/h5-8,10-11,15,18,22H,3-4,9,12-13H2,1-2H3/t15-,18-/m1/s1. The van der Waals surface area contributed by atoms with E-state index in [0.29, 0.717) is 12.6 Å². The Kier molecular flexibility index (Phi) is 5.37. The number of rotatable bonds is 7. The first-order valence-electron chi connectivity index (χ1n) is 8.33. The molecular weight excluding hydrogens is 306 g/mol. The van der Waals surface area contributed by atoms with Crippen LogP contribution in [0.15, 0.2) is 36.7 Å². The van der Waals surface area contributed by atoms with Crippen molar-refractivity contribution < 1.29 is 14.6 Å². The molecule has 2 aromatic rings. The number of aliphatic hydroxyl groups is 1. The van der Waals surface area contributed by atoms with Crippen molar-refractivity contribution >= 4 is 0 Å². The van der Waals surface area contributed by atoms with Gasteiger partial charge in [-0.1, -0.05) is 0 Å². The van der Waals surface area contributed by atoms with Crippen molar-refractivity contribution in [2.24, 2.45) is 7.05 Å². The minimum Gasteiger partial charge on any atom is -0.497 e. The molecule has 130 valence electrons. The van der Waals surface area contributed by atoms with E-state index >= 15 is 0 Å². The predicted molar refractivity (Wildman–Crippen MR) is 91.3 cm³/mol. The number of nitrogens with zero attached hydrogens (tertiary/aromatic N) is 3. The van der Waals surface area contributed by atoms with Gasteiger partial charge in [-0.15, -0.1) is 0 Å². The Labute approximate surface area is 142 Å². The minimum atomic E-state index is -0.524. The molecule has 0 amide bonds. The highest BCUT2D eigenvalue weighted by atomic mass is 16.5. The monoisotopic (exact) mass is 331 g/mol. The van der Waals surface area contributed by atoms with Crippen LogP contribution in [0.2, 0.25) is 0 Å². The molecule has 1 saturated heterocycles. The highest BCUT2D eigenvalue weighted by molar-refractivity contribution is 5.31. The van der Waals surface area contributed by atoms with Gasteiger partial charge in [0.05, 0.1) is 13.3 Å². The Hall–Kier alpha value is -2.05. The Balaban J connectivity index is 1.51. The van der Waals surface area contributed by atoms with Gasteiger partial charge in [-0.25, -0.2) is 0 Å². The smallest absolute Gasteiger partial charge is 0.119 e. The second-order valence-electron chi connectivity index (χ2n) is 6.24. The molecule has 0 bridgehead atoms. The molecule has 2 atom stereocenters. The zero-order valence-electron chi connectivity index (χ0n) is 14.3. The lowest BCUT2D eigenvalue weighted by Gasteiger charge is -2.26. The second kappa shape index (κ2) is 7.68. The molecule has 1 aliphatic rings. The number of aromatic nitrogens is 2. The lowest BCUT2D eigenvalue weighted by molar-refractivity contribution is 0.0638. The van der Waals surface area contributed by atoms with Crippen LogP contribution in [0.25, 0.3) is 0 Å². The lowest BCUT2D eigenvalue weighted by atomic mass is 10.1. The highest BCUT2D eigenvalue weighted by Crippen LogP contribution is 2.31. The van der Waals surface area contributed by atoms with Crippen LogP contribution < -0.4 is 9.47 Å². The average molecular weight is 331 g/mol. The van der Waals surface area contributed by atoms with E-state index in [1.54, 1.807) is 7.11 Å². The minimum absolute atomic E-state index is 0.280. The van der Waals surface area contributed by atoms with E-state index in [-0.39, 0.29) is 6.61 Å². The molecule has 1 aliphatic heterocycles. The van der Waals surface area contributed by atoms with E-state index in [1.807, 2.05) is 42.2 Å². The summed E-state index contributed by atoms with van der Waals surface area (Å²) >= 11 is 0. The Morgan fingerprint density at radius 2 is 2.04 bits per heavy atom. The van der Waals surface area contributed by atoms with Gasteiger partial charge in [-0.3, -0.25) is 9.58 Å². The quantitative estimate of drug-likeness (QED) is 0.841. The SMILES string of the molecule is COc1ccc(OC[C@H](O)CN2CCC[C@@H]2c2cnn(C)c2)cc1. The zero-order valence-corrected chi connectivity index (χ0v) is 14.3. The third kappa shape index (κ3) is 4.07. The molecule has 6 heteroatoms. The number of methoxy groups -OCH3 is 1. The average Bonchev–Trinajstić information content (AvgIpc) is 3.22. The summed E-state index contributed by atoms with van der Waals surface area (Å²) in [7, 11) is 3.56. The molecule has 0 spiro atoms. The molecule has 0 radical (unpaired) electrons. The largest absolute Gasteiger partial charge is 0.497 e. The van der Waals surface area contributed by atoms with Crippen molar-refractivity contribution in [2.75, 3.05) is 26.8 Å². The van der Waals surface area contributed by atoms with Crippen molar-refractivity contribution in [3.05, 3.63) is 42.2 Å². The van der Waals surface area contributed by atoms with Crippen LogP contribution in [0.5, 0.6) is 11.5 Å². The van der Waals surface area contributed by atoms with Gasteiger partial charge in [-0.05, 0) is 43.7 Å². The number of benzene rings is 1. The van der Waals surface area contributed by atoms with Crippen molar-refractivity contribution in [1.82, 2.24) is 14.7 Å². The molecular formula is C18H25N3O3. The van der Waals surface area contributed by atoms with Crippen LogP contribution in [-0.2, 0) is 7.05 Å². The summed E-state index contributed by atoms with van der Waals surface area (Å²) < 4.78 is 12.6. The van der Waals surface area contributed by atoms with Crippen molar-refractivity contribution in [2.45, 2.75) is 25.0 Å². The van der Waals surface area contributed by atoms with Gasteiger partial charge in [-0.2, -0.15) is 5.10 Å². The predicted octanol–water partition coefficient (Wildman–Crippen LogP) is 2.01. The lowest BCUT2D eigenvalue weighted by Crippen LogP contribution is -2.35. The molecule has 3 rings (SSSR count). The van der Waals surface area contributed by atoms with Gasteiger partial charge in [0.1, 0.15) is 24.2 Å². The van der Waals surface area contributed by atoms with Gasteiger partial charge in [0.25, 0.3) is 0 Å². The number of hydrogen-bond acceptors (Lipinski definition) is 5. The summed E-state index contributed by atoms with van der Waals surface area (Å²) in [4.78, 5) is 2.32. The van der Waals surface area contributed by atoms with Crippen molar-refractivity contribution in [3.8, 4) is 11.5 Å². The van der Waals surface area contributed by atoms with E-state index in [4.69, 9.17) is 9.47 Å². The summed E-state index contributed by atoms with van der Waals surface area (Å²) in [6.45, 7) is 1.89. The maximum absolute atomic E-state index is 10.3. The number of hydrogen-bond donors (Lipinski definition) is 1. The van der Waals surface area contributed by atoms with Gasteiger partial charge in [0, 0.05) is 31.4 Å². The first-order chi connectivity index (χ1) is 11.7. The van der Waals surface area contributed by atoms with E-state index in [2.05, 4.69) is 16.2 Å². The molecule has 1 N–H and O–H groups in total. The van der Waals surface area contributed by atoms with Crippen LogP contribution in [0.4, 0.5) is 0 Å². The Morgan fingerprint density at radius 3 is 2.71 bits per heavy atom. The first-order valence-corrected chi connectivity index (χ1v) is 8.33. The van der Waals surface area contributed by atoms with E-state index in [9.17, 15) is 5.11 Å². The number of likely N-dealkylation sites (tertiary alicyclic amines) is 1. The molecule has 0 unspecified atom stereocenters. The van der Waals surface area contributed by atoms with E-state index in [1.165, 1.54) is 5.56 Å². The van der Waals surface area contributed by atoms with Gasteiger partial charge in [0.15, 0.2) is 0 Å². The fraction of sp³-hybridized carbons (Fsp3) is 0.500. The second-order valence-corrected chi connectivity index (χ2v) is 6.24. The van der Waals surface area contributed by atoms with Gasteiger partial charge in [0.2, 0.25) is 0 Å². The summed E-state index contributed by atoms with van der Waals surface area (Å²) in [5.74, 6) is 1.53.